The van der Waals surface area contributed by atoms with Gasteiger partial charge < -0.3 is 9.52 Å². The highest BCUT2D eigenvalue weighted by Gasteiger charge is 2.16. The third-order valence-electron chi connectivity index (χ3n) is 3.76. The third kappa shape index (κ3) is 2.69. The van der Waals surface area contributed by atoms with Crippen molar-refractivity contribution in [3.63, 3.8) is 0 Å². The molecule has 2 nitrogen and oxygen atoms in total. The number of furan rings is 1. The summed E-state index contributed by atoms with van der Waals surface area (Å²) >= 11 is 0. The highest BCUT2D eigenvalue weighted by molar-refractivity contribution is 5.78. The molecule has 0 spiro atoms. The highest BCUT2D eigenvalue weighted by Crippen LogP contribution is 2.28. The summed E-state index contributed by atoms with van der Waals surface area (Å²) in [6.45, 7) is 4.03. The van der Waals surface area contributed by atoms with E-state index in [4.69, 9.17) is 4.42 Å². The number of hydrogen-bond donors (Lipinski definition) is 1. The van der Waals surface area contributed by atoms with E-state index in [2.05, 4.69) is 6.07 Å². The van der Waals surface area contributed by atoms with Crippen molar-refractivity contribution in [2.24, 2.45) is 0 Å². The SMILES string of the molecule is Cc1ccc(C)c(CC(O)c2cc3cccc(F)c3o2)c1. The zero-order chi connectivity index (χ0) is 15.0. The van der Waals surface area contributed by atoms with Crippen molar-refractivity contribution in [1.82, 2.24) is 0 Å². The van der Waals surface area contributed by atoms with Crippen molar-refractivity contribution in [1.29, 1.82) is 0 Å². The van der Waals surface area contributed by atoms with Crippen LogP contribution in [0.15, 0.2) is 46.9 Å². The summed E-state index contributed by atoms with van der Waals surface area (Å²) in [5.41, 5.74) is 3.55. The number of para-hydroxylation sites is 1. The van der Waals surface area contributed by atoms with Crippen LogP contribution in [0.2, 0.25) is 0 Å². The van der Waals surface area contributed by atoms with Crippen LogP contribution in [0.25, 0.3) is 11.0 Å². The second-order valence-corrected chi connectivity index (χ2v) is 5.46. The number of fused-ring (bicyclic) bond motifs is 1. The second kappa shape index (κ2) is 5.34. The average molecular weight is 284 g/mol. The van der Waals surface area contributed by atoms with E-state index in [0.29, 0.717) is 17.6 Å². The maximum atomic E-state index is 13.6. The predicted octanol–water partition coefficient (Wildman–Crippen LogP) is 4.46. The lowest BCUT2D eigenvalue weighted by atomic mass is 9.99. The van der Waals surface area contributed by atoms with Gasteiger partial charge >= 0.3 is 0 Å². The summed E-state index contributed by atoms with van der Waals surface area (Å²) in [5.74, 6) is -0.00584. The third-order valence-corrected chi connectivity index (χ3v) is 3.76. The molecule has 0 aliphatic heterocycles. The molecular weight excluding hydrogens is 267 g/mol. The van der Waals surface area contributed by atoms with E-state index in [1.807, 2.05) is 26.0 Å². The standard InChI is InChI=1S/C18H17FO2/c1-11-6-7-12(2)14(8-11)9-16(20)17-10-13-4-3-5-15(19)18(13)21-17/h3-8,10,16,20H,9H2,1-2H3. The summed E-state index contributed by atoms with van der Waals surface area (Å²) in [7, 11) is 0. The van der Waals surface area contributed by atoms with Gasteiger partial charge in [-0.2, -0.15) is 0 Å². The minimum atomic E-state index is -0.780. The first kappa shape index (κ1) is 13.8. The fraction of sp³-hybridized carbons (Fsp3) is 0.222. The molecule has 21 heavy (non-hydrogen) atoms. The van der Waals surface area contributed by atoms with Gasteiger partial charge in [-0.3, -0.25) is 0 Å². The maximum absolute atomic E-state index is 13.6. The lowest BCUT2D eigenvalue weighted by molar-refractivity contribution is 0.152. The average Bonchev–Trinajstić information content (AvgIpc) is 2.88. The minimum Gasteiger partial charge on any atom is -0.455 e. The van der Waals surface area contributed by atoms with Gasteiger partial charge in [-0.25, -0.2) is 4.39 Å². The van der Waals surface area contributed by atoms with Crippen LogP contribution in [0.5, 0.6) is 0 Å². The number of aryl methyl sites for hydroxylation is 2. The van der Waals surface area contributed by atoms with E-state index in [-0.39, 0.29) is 5.58 Å². The molecule has 0 saturated carbocycles. The maximum Gasteiger partial charge on any atom is 0.170 e. The van der Waals surface area contributed by atoms with Crippen molar-refractivity contribution in [3.05, 3.63) is 70.7 Å². The Labute approximate surface area is 122 Å². The number of aliphatic hydroxyl groups excluding tert-OH is 1. The Bertz CT molecular complexity index is 789. The fourth-order valence-electron chi connectivity index (χ4n) is 2.54. The van der Waals surface area contributed by atoms with Gasteiger partial charge in [-0.1, -0.05) is 35.9 Å². The lowest BCUT2D eigenvalue weighted by Crippen LogP contribution is -2.02. The molecule has 1 N–H and O–H groups in total. The number of halogens is 1. The van der Waals surface area contributed by atoms with Crippen molar-refractivity contribution < 1.29 is 13.9 Å². The second-order valence-electron chi connectivity index (χ2n) is 5.46. The van der Waals surface area contributed by atoms with Gasteiger partial charge in [0, 0.05) is 11.8 Å². The molecule has 3 heteroatoms. The van der Waals surface area contributed by atoms with Crippen LogP contribution in [0.1, 0.15) is 28.6 Å². The van der Waals surface area contributed by atoms with Crippen molar-refractivity contribution >= 4 is 11.0 Å². The molecule has 0 aliphatic rings. The van der Waals surface area contributed by atoms with Gasteiger partial charge in [0.25, 0.3) is 0 Å². The Kier molecular flexibility index (Phi) is 3.52. The molecule has 0 aliphatic carbocycles. The summed E-state index contributed by atoms with van der Waals surface area (Å²) < 4.78 is 19.1. The summed E-state index contributed by atoms with van der Waals surface area (Å²) in [4.78, 5) is 0. The smallest absolute Gasteiger partial charge is 0.170 e. The van der Waals surface area contributed by atoms with Crippen LogP contribution in [0.4, 0.5) is 4.39 Å². The molecule has 0 radical (unpaired) electrons. The number of rotatable bonds is 3. The van der Waals surface area contributed by atoms with E-state index < -0.39 is 11.9 Å². The van der Waals surface area contributed by atoms with Crippen molar-refractivity contribution in [2.45, 2.75) is 26.4 Å². The molecule has 1 aromatic heterocycles. The quantitative estimate of drug-likeness (QED) is 0.770. The number of aliphatic hydroxyl groups is 1. The van der Waals surface area contributed by atoms with Gasteiger partial charge in [-0.15, -0.1) is 0 Å². The molecule has 108 valence electrons. The highest BCUT2D eigenvalue weighted by atomic mass is 19.1. The molecule has 1 atom stereocenters. The van der Waals surface area contributed by atoms with E-state index in [9.17, 15) is 9.50 Å². The number of benzene rings is 2. The first-order valence-electron chi connectivity index (χ1n) is 6.97. The van der Waals surface area contributed by atoms with Gasteiger partial charge in [0.15, 0.2) is 11.4 Å². The lowest BCUT2D eigenvalue weighted by Gasteiger charge is -2.11. The normalized spacial score (nSPS) is 12.8. The van der Waals surface area contributed by atoms with Gasteiger partial charge in [0.05, 0.1) is 0 Å². The first-order valence-corrected chi connectivity index (χ1v) is 6.97. The number of hydrogen-bond acceptors (Lipinski definition) is 2. The van der Waals surface area contributed by atoms with Crippen LogP contribution >= 0.6 is 0 Å². The Hall–Kier alpha value is -2.13. The Morgan fingerprint density at radius 2 is 1.95 bits per heavy atom. The largest absolute Gasteiger partial charge is 0.455 e. The van der Waals surface area contributed by atoms with E-state index in [0.717, 1.165) is 16.7 Å². The van der Waals surface area contributed by atoms with Crippen molar-refractivity contribution in [2.75, 3.05) is 0 Å². The van der Waals surface area contributed by atoms with Gasteiger partial charge in [0.1, 0.15) is 11.9 Å². The summed E-state index contributed by atoms with van der Waals surface area (Å²) in [5, 5.41) is 11.0. The molecule has 0 fully saturated rings. The molecule has 0 amide bonds. The molecular formula is C18H17FO2. The van der Waals surface area contributed by atoms with E-state index in [1.54, 1.807) is 18.2 Å². The molecule has 1 unspecified atom stereocenters. The zero-order valence-corrected chi connectivity index (χ0v) is 12.1. The molecule has 3 aromatic rings. The fourth-order valence-corrected chi connectivity index (χ4v) is 2.54. The molecule has 0 bridgehead atoms. The summed E-state index contributed by atoms with van der Waals surface area (Å²) in [6.07, 6.45) is -0.327. The van der Waals surface area contributed by atoms with Gasteiger partial charge in [-0.05, 0) is 37.1 Å². The monoisotopic (exact) mass is 284 g/mol. The van der Waals surface area contributed by atoms with Crippen LogP contribution in [-0.2, 0) is 6.42 Å². The van der Waals surface area contributed by atoms with Crippen LogP contribution < -0.4 is 0 Å². The molecule has 3 rings (SSSR count). The Balaban J connectivity index is 1.91. The zero-order valence-electron chi connectivity index (χ0n) is 12.1. The molecule has 1 heterocycles. The topological polar surface area (TPSA) is 33.4 Å². The molecule has 0 saturated heterocycles. The molecule has 2 aromatic carbocycles. The summed E-state index contributed by atoms with van der Waals surface area (Å²) in [6, 6.07) is 12.6. The van der Waals surface area contributed by atoms with E-state index >= 15 is 0 Å². The minimum absolute atomic E-state index is 0.201. The van der Waals surface area contributed by atoms with Crippen molar-refractivity contribution in [3.8, 4) is 0 Å². The van der Waals surface area contributed by atoms with Crippen LogP contribution in [0.3, 0.4) is 0 Å². The van der Waals surface area contributed by atoms with Gasteiger partial charge in [0.2, 0.25) is 0 Å². The van der Waals surface area contributed by atoms with E-state index in [1.165, 1.54) is 6.07 Å². The first-order chi connectivity index (χ1) is 10.0. The van der Waals surface area contributed by atoms with Crippen LogP contribution in [0, 0.1) is 19.7 Å². The van der Waals surface area contributed by atoms with Crippen LogP contribution in [-0.4, -0.2) is 5.11 Å². The Morgan fingerprint density at radius 1 is 1.14 bits per heavy atom. The Morgan fingerprint density at radius 3 is 2.71 bits per heavy atom. The predicted molar refractivity (Wildman–Crippen MR) is 80.8 cm³/mol.